The van der Waals surface area contributed by atoms with Crippen LogP contribution in [0.5, 0.6) is 0 Å². The molecule has 0 aliphatic heterocycles. The summed E-state index contributed by atoms with van der Waals surface area (Å²) in [5.41, 5.74) is 2.04. The Kier molecular flexibility index (Phi) is 3.74. The van der Waals surface area contributed by atoms with Gasteiger partial charge < -0.3 is 5.32 Å². The minimum absolute atomic E-state index is 0.148. The molecule has 0 amide bonds. The second-order valence-electron chi connectivity index (χ2n) is 3.95. The summed E-state index contributed by atoms with van der Waals surface area (Å²) in [6, 6.07) is 12.4. The lowest BCUT2D eigenvalue weighted by Gasteiger charge is -2.15. The first-order chi connectivity index (χ1) is 8.35. The van der Waals surface area contributed by atoms with Crippen molar-refractivity contribution in [3.05, 3.63) is 42.1 Å². The Bertz CT molecular complexity index is 540. The molecule has 0 saturated carbocycles. The van der Waals surface area contributed by atoms with Crippen molar-refractivity contribution in [1.29, 1.82) is 0 Å². The fraction of sp³-hybridized carbons (Fsp3) is 0.267. The highest BCUT2D eigenvalue weighted by molar-refractivity contribution is 5.78. The van der Waals surface area contributed by atoms with Gasteiger partial charge in [-0.1, -0.05) is 31.2 Å². The maximum absolute atomic E-state index is 5.39. The van der Waals surface area contributed by atoms with E-state index in [9.17, 15) is 0 Å². The molecule has 0 aliphatic carbocycles. The van der Waals surface area contributed by atoms with Crippen molar-refractivity contribution in [3.63, 3.8) is 0 Å². The van der Waals surface area contributed by atoms with E-state index >= 15 is 0 Å². The van der Waals surface area contributed by atoms with E-state index in [1.165, 1.54) is 0 Å². The summed E-state index contributed by atoms with van der Waals surface area (Å²) in [7, 11) is 0. The van der Waals surface area contributed by atoms with Crippen molar-refractivity contribution in [2.75, 3.05) is 6.54 Å². The Morgan fingerprint density at radius 2 is 2.12 bits per heavy atom. The fourth-order valence-electron chi connectivity index (χ4n) is 1.92. The number of hydrogen-bond donors (Lipinski definition) is 1. The number of para-hydroxylation sites is 1. The number of nitrogens with zero attached hydrogens (tertiary/aromatic N) is 1. The third-order valence-electron chi connectivity index (χ3n) is 2.75. The van der Waals surface area contributed by atoms with Gasteiger partial charge in [-0.3, -0.25) is 4.98 Å². The summed E-state index contributed by atoms with van der Waals surface area (Å²) in [5, 5.41) is 4.52. The zero-order valence-electron chi connectivity index (χ0n) is 9.98. The summed E-state index contributed by atoms with van der Waals surface area (Å²) in [4.78, 5) is 4.65. The molecule has 0 bridgehead atoms. The van der Waals surface area contributed by atoms with E-state index in [0.717, 1.165) is 23.1 Å². The Hall–Kier alpha value is -1.85. The number of fused-ring (bicyclic) bond motifs is 1. The van der Waals surface area contributed by atoms with Crippen LogP contribution in [-0.2, 0) is 0 Å². The molecule has 0 fully saturated rings. The number of pyridine rings is 1. The van der Waals surface area contributed by atoms with Crippen LogP contribution in [-0.4, -0.2) is 11.5 Å². The van der Waals surface area contributed by atoms with Crippen molar-refractivity contribution in [1.82, 2.24) is 10.3 Å². The number of benzene rings is 1. The largest absolute Gasteiger partial charge is 0.308 e. The highest BCUT2D eigenvalue weighted by atomic mass is 14.9. The second-order valence-corrected chi connectivity index (χ2v) is 3.95. The smallest absolute Gasteiger partial charge is 0.0706 e. The quantitative estimate of drug-likeness (QED) is 0.808. The van der Waals surface area contributed by atoms with Crippen LogP contribution < -0.4 is 5.32 Å². The van der Waals surface area contributed by atoms with Crippen molar-refractivity contribution in [3.8, 4) is 12.3 Å². The van der Waals surface area contributed by atoms with Crippen LogP contribution in [0, 0.1) is 12.3 Å². The molecule has 1 heterocycles. The maximum Gasteiger partial charge on any atom is 0.0706 e. The Balaban J connectivity index is 2.37. The van der Waals surface area contributed by atoms with Crippen molar-refractivity contribution in [2.24, 2.45) is 0 Å². The van der Waals surface area contributed by atoms with Crippen LogP contribution in [0.1, 0.15) is 25.1 Å². The summed E-state index contributed by atoms with van der Waals surface area (Å²) in [6.07, 6.45) is 6.06. The lowest BCUT2D eigenvalue weighted by molar-refractivity contribution is 0.553. The molecular formula is C15H16N2. The van der Waals surface area contributed by atoms with Crippen molar-refractivity contribution >= 4 is 10.9 Å². The van der Waals surface area contributed by atoms with Crippen LogP contribution in [0.3, 0.4) is 0 Å². The molecule has 2 heteroatoms. The van der Waals surface area contributed by atoms with E-state index in [1.807, 2.05) is 24.3 Å². The molecule has 1 unspecified atom stereocenters. The second kappa shape index (κ2) is 5.47. The van der Waals surface area contributed by atoms with Crippen molar-refractivity contribution < 1.29 is 0 Å². The van der Waals surface area contributed by atoms with Gasteiger partial charge in [-0.2, -0.15) is 0 Å². The zero-order valence-corrected chi connectivity index (χ0v) is 9.98. The molecule has 2 aromatic rings. The number of terminal acetylenes is 1. The van der Waals surface area contributed by atoms with Gasteiger partial charge in [0.15, 0.2) is 0 Å². The average Bonchev–Trinajstić information content (AvgIpc) is 2.38. The molecule has 0 aliphatic rings. The summed E-state index contributed by atoms with van der Waals surface area (Å²) in [6.45, 7) is 2.96. The molecule has 0 saturated heterocycles. The molecular weight excluding hydrogens is 208 g/mol. The number of hydrogen-bond acceptors (Lipinski definition) is 2. The van der Waals surface area contributed by atoms with Crippen molar-refractivity contribution in [2.45, 2.75) is 19.4 Å². The standard InChI is InChI=1S/C15H16N2/c1-3-7-14(16-4-2)15-11-10-12-8-5-6-9-13(12)17-15/h1,5-6,8-11,14,16H,4,7H2,2H3. The first-order valence-corrected chi connectivity index (χ1v) is 5.87. The Morgan fingerprint density at radius 3 is 2.88 bits per heavy atom. The predicted octanol–water partition coefficient (Wildman–Crippen LogP) is 2.91. The van der Waals surface area contributed by atoms with E-state index in [4.69, 9.17) is 6.42 Å². The molecule has 2 rings (SSSR count). The molecule has 0 spiro atoms. The minimum atomic E-state index is 0.148. The number of rotatable bonds is 4. The normalized spacial score (nSPS) is 12.2. The molecule has 0 radical (unpaired) electrons. The molecule has 1 aromatic carbocycles. The van der Waals surface area contributed by atoms with Gasteiger partial charge in [0, 0.05) is 11.8 Å². The molecule has 1 atom stereocenters. The molecule has 1 N–H and O–H groups in total. The molecule has 17 heavy (non-hydrogen) atoms. The fourth-order valence-corrected chi connectivity index (χ4v) is 1.92. The van der Waals surface area contributed by atoms with Gasteiger partial charge in [0.1, 0.15) is 0 Å². The van der Waals surface area contributed by atoms with Gasteiger partial charge in [0.05, 0.1) is 17.3 Å². The number of nitrogens with one attached hydrogen (secondary N) is 1. The van der Waals surface area contributed by atoms with E-state index in [2.05, 4.69) is 35.3 Å². The number of aromatic nitrogens is 1. The van der Waals surface area contributed by atoms with E-state index in [0.29, 0.717) is 6.42 Å². The summed E-state index contributed by atoms with van der Waals surface area (Å²) >= 11 is 0. The van der Waals surface area contributed by atoms with Gasteiger partial charge in [-0.05, 0) is 18.7 Å². The Labute approximate surface area is 102 Å². The SMILES string of the molecule is C#CCC(NCC)c1ccc2ccccc2n1. The molecule has 86 valence electrons. The predicted molar refractivity (Wildman–Crippen MR) is 71.6 cm³/mol. The van der Waals surface area contributed by atoms with Crippen LogP contribution in [0.2, 0.25) is 0 Å². The van der Waals surface area contributed by atoms with Crippen LogP contribution in [0.25, 0.3) is 10.9 Å². The van der Waals surface area contributed by atoms with Gasteiger partial charge >= 0.3 is 0 Å². The summed E-state index contributed by atoms with van der Waals surface area (Å²) < 4.78 is 0. The first-order valence-electron chi connectivity index (χ1n) is 5.87. The van der Waals surface area contributed by atoms with Crippen LogP contribution in [0.4, 0.5) is 0 Å². The van der Waals surface area contributed by atoms with Gasteiger partial charge in [-0.25, -0.2) is 0 Å². The minimum Gasteiger partial charge on any atom is -0.308 e. The summed E-state index contributed by atoms with van der Waals surface area (Å²) in [5.74, 6) is 2.70. The molecule has 1 aromatic heterocycles. The van der Waals surface area contributed by atoms with Gasteiger partial charge in [0.25, 0.3) is 0 Å². The topological polar surface area (TPSA) is 24.9 Å². The van der Waals surface area contributed by atoms with Crippen LogP contribution >= 0.6 is 0 Å². The lowest BCUT2D eigenvalue weighted by Crippen LogP contribution is -2.21. The van der Waals surface area contributed by atoms with E-state index < -0.39 is 0 Å². The first kappa shape index (κ1) is 11.6. The van der Waals surface area contributed by atoms with Gasteiger partial charge in [-0.15, -0.1) is 12.3 Å². The van der Waals surface area contributed by atoms with Crippen LogP contribution in [0.15, 0.2) is 36.4 Å². The monoisotopic (exact) mass is 224 g/mol. The third-order valence-corrected chi connectivity index (χ3v) is 2.75. The lowest BCUT2D eigenvalue weighted by atomic mass is 10.1. The maximum atomic E-state index is 5.39. The Morgan fingerprint density at radius 1 is 1.29 bits per heavy atom. The average molecular weight is 224 g/mol. The zero-order chi connectivity index (χ0) is 12.1. The van der Waals surface area contributed by atoms with E-state index in [-0.39, 0.29) is 6.04 Å². The van der Waals surface area contributed by atoms with Gasteiger partial charge in [0.2, 0.25) is 0 Å². The molecule has 2 nitrogen and oxygen atoms in total. The van der Waals surface area contributed by atoms with E-state index in [1.54, 1.807) is 0 Å². The third kappa shape index (κ3) is 2.64. The highest BCUT2D eigenvalue weighted by Gasteiger charge is 2.10. The highest BCUT2D eigenvalue weighted by Crippen LogP contribution is 2.18.